The number of hydrogen-bond acceptors (Lipinski definition) is 4. The Balaban J connectivity index is 2.40. The van der Waals surface area contributed by atoms with E-state index in [1.165, 1.54) is 0 Å². The summed E-state index contributed by atoms with van der Waals surface area (Å²) in [7, 11) is 1.60. The number of aliphatic imine (C=N–C) groups is 1. The molecule has 120 valence electrons. The third-order valence-corrected chi connectivity index (χ3v) is 3.82. The Bertz CT molecular complexity index is 573. The highest BCUT2D eigenvalue weighted by atomic mass is 16.5. The van der Waals surface area contributed by atoms with Crippen molar-refractivity contribution in [2.75, 3.05) is 13.7 Å². The molecule has 0 bridgehead atoms. The zero-order valence-electron chi connectivity index (χ0n) is 13.5. The van der Waals surface area contributed by atoms with Crippen molar-refractivity contribution >= 4 is 12.2 Å². The summed E-state index contributed by atoms with van der Waals surface area (Å²) < 4.78 is 13.1. The standard InChI is InChI=1S/C17H24N2O3/c1-4-5-9-22-12-19-10-14(11-20)15-13(2)7-6-8-18-17(21-3)16(15)19/h6,8,10-11,13H,4-5,7,9,12H2,1-3H3/b8-6+,18-17+. The summed E-state index contributed by atoms with van der Waals surface area (Å²) in [4.78, 5) is 15.8. The monoisotopic (exact) mass is 304 g/mol. The van der Waals surface area contributed by atoms with Crippen LogP contribution in [0.4, 0.5) is 0 Å². The molecule has 1 aromatic heterocycles. The minimum atomic E-state index is 0.226. The van der Waals surface area contributed by atoms with Gasteiger partial charge < -0.3 is 14.0 Å². The molecule has 0 spiro atoms. The van der Waals surface area contributed by atoms with Crippen molar-refractivity contribution in [1.82, 2.24) is 4.57 Å². The molecular formula is C17H24N2O3. The molecule has 0 fully saturated rings. The third kappa shape index (κ3) is 3.47. The van der Waals surface area contributed by atoms with Gasteiger partial charge in [-0.3, -0.25) is 4.79 Å². The minimum absolute atomic E-state index is 0.226. The number of nitrogens with zero attached hydrogens (tertiary/aromatic N) is 2. The van der Waals surface area contributed by atoms with Crippen LogP contribution in [0.25, 0.3) is 0 Å². The fraction of sp³-hybridized carbons (Fsp3) is 0.529. The Morgan fingerprint density at radius 2 is 2.32 bits per heavy atom. The quantitative estimate of drug-likeness (QED) is 0.597. The maximum Gasteiger partial charge on any atom is 0.238 e. The molecule has 1 aromatic rings. The van der Waals surface area contributed by atoms with E-state index in [9.17, 15) is 4.79 Å². The highest BCUT2D eigenvalue weighted by Gasteiger charge is 2.25. The van der Waals surface area contributed by atoms with Crippen LogP contribution in [0.2, 0.25) is 0 Å². The number of methoxy groups -OCH3 is 1. The molecule has 0 aromatic carbocycles. The van der Waals surface area contributed by atoms with Gasteiger partial charge in [0.2, 0.25) is 5.90 Å². The van der Waals surface area contributed by atoms with E-state index in [0.29, 0.717) is 24.8 Å². The third-order valence-electron chi connectivity index (χ3n) is 3.82. The van der Waals surface area contributed by atoms with Crippen molar-refractivity contribution in [2.24, 2.45) is 4.99 Å². The Morgan fingerprint density at radius 3 is 3.00 bits per heavy atom. The normalized spacial score (nSPS) is 21.2. The lowest BCUT2D eigenvalue weighted by Crippen LogP contribution is -2.16. The van der Waals surface area contributed by atoms with Crippen molar-refractivity contribution in [3.8, 4) is 0 Å². The van der Waals surface area contributed by atoms with Gasteiger partial charge in [0.1, 0.15) is 12.4 Å². The molecule has 1 unspecified atom stereocenters. The number of aldehydes is 1. The van der Waals surface area contributed by atoms with Crippen molar-refractivity contribution in [2.45, 2.75) is 45.8 Å². The van der Waals surface area contributed by atoms with Crippen LogP contribution in [-0.4, -0.2) is 30.5 Å². The molecule has 0 amide bonds. The number of fused-ring (bicyclic) bond motifs is 1. The molecule has 0 radical (unpaired) electrons. The zero-order chi connectivity index (χ0) is 15.9. The first-order valence-electron chi connectivity index (χ1n) is 7.76. The van der Waals surface area contributed by atoms with Gasteiger partial charge in [-0.1, -0.05) is 26.3 Å². The van der Waals surface area contributed by atoms with E-state index in [4.69, 9.17) is 9.47 Å². The summed E-state index contributed by atoms with van der Waals surface area (Å²) in [5, 5.41) is 0. The number of unbranched alkanes of at least 4 members (excludes halogenated alkanes) is 1. The Labute approximate surface area is 131 Å². The molecule has 0 saturated carbocycles. The van der Waals surface area contributed by atoms with Crippen molar-refractivity contribution < 1.29 is 14.3 Å². The Kier molecular flexibility index (Phi) is 5.95. The second-order valence-corrected chi connectivity index (χ2v) is 5.49. The second-order valence-electron chi connectivity index (χ2n) is 5.49. The van der Waals surface area contributed by atoms with E-state index in [1.54, 1.807) is 13.3 Å². The van der Waals surface area contributed by atoms with E-state index in [2.05, 4.69) is 18.8 Å². The van der Waals surface area contributed by atoms with Gasteiger partial charge in [0.25, 0.3) is 0 Å². The minimum Gasteiger partial charge on any atom is -0.480 e. The van der Waals surface area contributed by atoms with E-state index in [0.717, 1.165) is 36.8 Å². The highest BCUT2D eigenvalue weighted by molar-refractivity contribution is 5.97. The second kappa shape index (κ2) is 7.94. The van der Waals surface area contributed by atoms with Gasteiger partial charge >= 0.3 is 0 Å². The van der Waals surface area contributed by atoms with E-state index < -0.39 is 0 Å². The Hall–Kier alpha value is -1.88. The first-order chi connectivity index (χ1) is 10.7. The number of carbonyl (C=O) groups is 1. The average Bonchev–Trinajstić information content (AvgIpc) is 2.88. The van der Waals surface area contributed by atoms with Crippen LogP contribution in [0.15, 0.2) is 23.5 Å². The van der Waals surface area contributed by atoms with Gasteiger partial charge in [-0.25, -0.2) is 4.99 Å². The van der Waals surface area contributed by atoms with Crippen LogP contribution < -0.4 is 0 Å². The van der Waals surface area contributed by atoms with Crippen LogP contribution in [0.1, 0.15) is 60.6 Å². The number of carbonyl (C=O) groups excluding carboxylic acids is 1. The van der Waals surface area contributed by atoms with Gasteiger partial charge in [0, 0.05) is 24.6 Å². The predicted octanol–water partition coefficient (Wildman–Crippen LogP) is 3.49. The number of rotatable bonds is 6. The first-order valence-corrected chi connectivity index (χ1v) is 7.76. The molecule has 1 atom stereocenters. The molecule has 0 aliphatic carbocycles. The van der Waals surface area contributed by atoms with Gasteiger partial charge in [-0.2, -0.15) is 0 Å². The fourth-order valence-electron chi connectivity index (χ4n) is 2.67. The van der Waals surface area contributed by atoms with Crippen LogP contribution in [0.3, 0.4) is 0 Å². The molecule has 5 heteroatoms. The van der Waals surface area contributed by atoms with E-state index in [-0.39, 0.29) is 5.92 Å². The molecule has 22 heavy (non-hydrogen) atoms. The lowest BCUT2D eigenvalue weighted by Gasteiger charge is -2.17. The predicted molar refractivity (Wildman–Crippen MR) is 86.4 cm³/mol. The smallest absolute Gasteiger partial charge is 0.238 e. The fourth-order valence-corrected chi connectivity index (χ4v) is 2.67. The van der Waals surface area contributed by atoms with Gasteiger partial charge in [-0.05, 0) is 24.3 Å². The van der Waals surface area contributed by atoms with Crippen LogP contribution >= 0.6 is 0 Å². The highest BCUT2D eigenvalue weighted by Crippen LogP contribution is 2.30. The maximum absolute atomic E-state index is 11.5. The number of aromatic nitrogens is 1. The summed E-state index contributed by atoms with van der Waals surface area (Å²) in [6.45, 7) is 5.34. The number of hydrogen-bond donors (Lipinski definition) is 0. The molecule has 0 N–H and O–H groups in total. The van der Waals surface area contributed by atoms with Gasteiger partial charge in [-0.15, -0.1) is 0 Å². The molecule has 1 aliphatic rings. The lowest BCUT2D eigenvalue weighted by atomic mass is 9.94. The lowest BCUT2D eigenvalue weighted by molar-refractivity contribution is 0.0742. The molecular weight excluding hydrogens is 280 g/mol. The zero-order valence-corrected chi connectivity index (χ0v) is 13.5. The molecule has 0 saturated heterocycles. The summed E-state index contributed by atoms with van der Waals surface area (Å²) in [5.74, 6) is 0.744. The summed E-state index contributed by atoms with van der Waals surface area (Å²) in [5.41, 5.74) is 2.51. The summed E-state index contributed by atoms with van der Waals surface area (Å²) in [6, 6.07) is 0. The van der Waals surface area contributed by atoms with Gasteiger partial charge in [0.05, 0.1) is 7.11 Å². The number of allylic oxidation sites excluding steroid dienone is 1. The van der Waals surface area contributed by atoms with Crippen LogP contribution in [0.5, 0.6) is 0 Å². The molecule has 5 nitrogen and oxygen atoms in total. The average molecular weight is 304 g/mol. The first kappa shape index (κ1) is 16.5. The van der Waals surface area contributed by atoms with E-state index >= 15 is 0 Å². The van der Waals surface area contributed by atoms with Crippen molar-refractivity contribution in [3.63, 3.8) is 0 Å². The number of ether oxygens (including phenoxy) is 2. The molecule has 1 aliphatic heterocycles. The maximum atomic E-state index is 11.5. The Morgan fingerprint density at radius 1 is 1.50 bits per heavy atom. The van der Waals surface area contributed by atoms with E-state index in [1.807, 2.05) is 16.8 Å². The summed E-state index contributed by atoms with van der Waals surface area (Å²) >= 11 is 0. The summed E-state index contributed by atoms with van der Waals surface area (Å²) in [6.07, 6.45) is 9.44. The largest absolute Gasteiger partial charge is 0.480 e. The van der Waals surface area contributed by atoms with Crippen molar-refractivity contribution in [1.29, 1.82) is 0 Å². The van der Waals surface area contributed by atoms with Crippen molar-refractivity contribution in [3.05, 3.63) is 35.3 Å². The SMILES string of the molecule is CCCCOCn1cc(C=O)c2c1/C(OC)=N\C=C\CC2C. The van der Waals surface area contributed by atoms with Crippen LogP contribution in [-0.2, 0) is 16.2 Å². The van der Waals surface area contributed by atoms with Gasteiger partial charge in [0.15, 0.2) is 6.29 Å². The molecule has 2 rings (SSSR count). The van der Waals surface area contributed by atoms with Crippen LogP contribution in [0, 0.1) is 0 Å². The topological polar surface area (TPSA) is 52.8 Å². The molecule has 2 heterocycles.